The van der Waals surface area contributed by atoms with Gasteiger partial charge in [-0.15, -0.1) is 0 Å². The summed E-state index contributed by atoms with van der Waals surface area (Å²) in [7, 11) is -8.43. The average molecular weight is 605 g/mol. The first-order valence-corrected chi connectivity index (χ1v) is 21.0. The maximum atomic E-state index is 6.55. The van der Waals surface area contributed by atoms with Crippen molar-refractivity contribution in [3.8, 4) is 0 Å². The molecule has 0 aromatic rings. The Morgan fingerprint density at radius 3 is 0.838 bits per heavy atom. The van der Waals surface area contributed by atoms with Crippen molar-refractivity contribution in [2.24, 2.45) is 0 Å². The van der Waals surface area contributed by atoms with Crippen molar-refractivity contribution in [2.75, 3.05) is 39.6 Å². The molecule has 0 saturated carbocycles. The monoisotopic (exact) mass is 604 g/mol. The van der Waals surface area contributed by atoms with Crippen LogP contribution in [0, 0.1) is 0 Å². The van der Waals surface area contributed by atoms with Crippen LogP contribution in [0.5, 0.6) is 0 Å². The number of halogens is 1. The van der Waals surface area contributed by atoms with Crippen LogP contribution in [0.4, 0.5) is 0 Å². The maximum Gasteiger partial charge on any atom is 0.681 e. The highest BCUT2D eigenvalue weighted by molar-refractivity contribution is 6.94. The molecular formula is C25H57ClO8Si3. The molecule has 0 aromatic carbocycles. The molecule has 0 atom stereocenters. The van der Waals surface area contributed by atoms with Gasteiger partial charge < -0.3 is 35.4 Å². The van der Waals surface area contributed by atoms with E-state index in [4.69, 9.17) is 46.5 Å². The van der Waals surface area contributed by atoms with Gasteiger partial charge in [0.05, 0.1) is 0 Å². The number of unbranched alkanes of at least 4 members (excludes halogenated alkanes) is 6. The summed E-state index contributed by atoms with van der Waals surface area (Å²) >= 11 is 6.55. The Morgan fingerprint density at radius 1 is 0.459 bits per heavy atom. The minimum atomic E-state index is -3.52. The Kier molecular flexibility index (Phi) is 26.0. The average Bonchev–Trinajstić information content (AvgIpc) is 2.89. The lowest BCUT2D eigenvalue weighted by molar-refractivity contribution is -0.126. The third kappa shape index (κ3) is 18.6. The van der Waals surface area contributed by atoms with Crippen LogP contribution in [-0.2, 0) is 35.4 Å². The fraction of sp³-hybridized carbons (Fsp3) is 1.00. The summed E-state index contributed by atoms with van der Waals surface area (Å²) in [5.41, 5.74) is 0. The van der Waals surface area contributed by atoms with Crippen LogP contribution in [0.3, 0.4) is 0 Å². The third-order valence-electron chi connectivity index (χ3n) is 5.34. The first-order valence-electron chi connectivity index (χ1n) is 14.8. The predicted octanol–water partition coefficient (Wildman–Crippen LogP) is 6.40. The molecule has 0 aliphatic rings. The first-order chi connectivity index (χ1) is 18.0. The van der Waals surface area contributed by atoms with Gasteiger partial charge in [0.2, 0.25) is 0 Å². The Bertz CT molecular complexity index is 404. The molecule has 0 fully saturated rings. The van der Waals surface area contributed by atoms with Crippen molar-refractivity contribution in [2.45, 2.75) is 125 Å². The smallest absolute Gasteiger partial charge is 0.351 e. The van der Waals surface area contributed by atoms with Crippen molar-refractivity contribution < 1.29 is 35.4 Å². The normalized spacial score (nSPS) is 13.0. The van der Waals surface area contributed by atoms with Crippen LogP contribution >= 0.6 is 11.1 Å². The standard InChI is InChI=1S/C25H57ClO8Si3/c1-7-13-19-27-36(28-20-14-8-2,29-21-15-9-3)33-25(35-26)34-37(30-22-16-10-4,31-23-17-11-5)32-24-18-12-6/h25H,7-24,35H2,1-6H3. The van der Waals surface area contributed by atoms with Gasteiger partial charge in [0.1, 0.15) is 5.91 Å². The zero-order chi connectivity index (χ0) is 27.7. The Labute approximate surface area is 237 Å². The van der Waals surface area contributed by atoms with Gasteiger partial charge in [-0.05, 0) is 38.5 Å². The molecule has 0 N–H and O–H groups in total. The van der Waals surface area contributed by atoms with Crippen LogP contribution in [0.1, 0.15) is 119 Å². The number of hydrogen-bond donors (Lipinski definition) is 0. The molecule has 0 aromatic heterocycles. The lowest BCUT2D eigenvalue weighted by Gasteiger charge is -2.35. The molecule has 224 valence electrons. The Balaban J connectivity index is 5.92. The van der Waals surface area contributed by atoms with E-state index in [0.29, 0.717) is 39.6 Å². The van der Waals surface area contributed by atoms with E-state index in [1.54, 1.807) is 0 Å². The van der Waals surface area contributed by atoms with Crippen molar-refractivity contribution in [3.05, 3.63) is 0 Å². The van der Waals surface area contributed by atoms with E-state index in [-0.39, 0.29) is 0 Å². The summed E-state index contributed by atoms with van der Waals surface area (Å²) in [5, 5.41) is 0. The molecule has 0 heterocycles. The second kappa shape index (κ2) is 25.6. The fourth-order valence-corrected chi connectivity index (χ4v) is 9.89. The molecule has 12 heteroatoms. The summed E-state index contributed by atoms with van der Waals surface area (Å²) in [6.07, 6.45) is 11.3. The molecule has 0 saturated heterocycles. The van der Waals surface area contributed by atoms with Crippen molar-refractivity contribution >= 4 is 38.0 Å². The molecule has 0 spiro atoms. The number of hydrogen-bond acceptors (Lipinski definition) is 8. The van der Waals surface area contributed by atoms with E-state index >= 15 is 0 Å². The molecule has 0 radical (unpaired) electrons. The largest absolute Gasteiger partial charge is 0.681 e. The molecule has 0 bridgehead atoms. The van der Waals surface area contributed by atoms with Crippen LogP contribution in [0.15, 0.2) is 0 Å². The topological polar surface area (TPSA) is 73.8 Å². The molecule has 0 unspecified atom stereocenters. The van der Waals surface area contributed by atoms with Gasteiger partial charge in [-0.1, -0.05) is 80.1 Å². The van der Waals surface area contributed by atoms with Crippen molar-refractivity contribution in [3.63, 3.8) is 0 Å². The summed E-state index contributed by atoms with van der Waals surface area (Å²) in [5.74, 6) is -0.783. The lowest BCUT2D eigenvalue weighted by Crippen LogP contribution is -2.58. The van der Waals surface area contributed by atoms with Gasteiger partial charge in [0, 0.05) is 39.6 Å². The summed E-state index contributed by atoms with van der Waals surface area (Å²) < 4.78 is 50.5. The number of rotatable bonds is 29. The highest BCUT2D eigenvalue weighted by Gasteiger charge is 2.53. The molecule has 37 heavy (non-hydrogen) atoms. The van der Waals surface area contributed by atoms with Crippen LogP contribution < -0.4 is 0 Å². The predicted molar refractivity (Wildman–Crippen MR) is 157 cm³/mol. The lowest BCUT2D eigenvalue weighted by atomic mass is 10.4. The van der Waals surface area contributed by atoms with E-state index < -0.39 is 32.8 Å². The fourth-order valence-electron chi connectivity index (χ4n) is 2.91. The highest BCUT2D eigenvalue weighted by Crippen LogP contribution is 2.23. The SMILES string of the molecule is CCCCO[Si](OCCCC)(OCCCC)OC(O[Si](OCCCC)(OCCCC)OCCCC)[SiH2]Cl. The second-order valence-electron chi connectivity index (χ2n) is 9.03. The highest BCUT2D eigenvalue weighted by atomic mass is 35.6. The van der Waals surface area contributed by atoms with E-state index in [9.17, 15) is 0 Å². The van der Waals surface area contributed by atoms with Gasteiger partial charge in [-0.3, -0.25) is 0 Å². The van der Waals surface area contributed by atoms with Crippen molar-refractivity contribution in [1.29, 1.82) is 0 Å². The van der Waals surface area contributed by atoms with Crippen molar-refractivity contribution in [1.82, 2.24) is 0 Å². The molecule has 0 rings (SSSR count). The summed E-state index contributed by atoms with van der Waals surface area (Å²) in [4.78, 5) is 0. The van der Waals surface area contributed by atoms with E-state index in [2.05, 4.69) is 41.5 Å². The maximum absolute atomic E-state index is 6.55. The van der Waals surface area contributed by atoms with Crippen LogP contribution in [0.25, 0.3) is 0 Å². The Hall–Kier alpha value is 0.621. The molecular weight excluding hydrogens is 548 g/mol. The van der Waals surface area contributed by atoms with Gasteiger partial charge in [-0.25, -0.2) is 0 Å². The molecule has 0 aliphatic heterocycles. The van der Waals surface area contributed by atoms with Gasteiger partial charge in [-0.2, -0.15) is 11.1 Å². The zero-order valence-corrected chi connectivity index (χ0v) is 28.8. The van der Waals surface area contributed by atoms with E-state index in [1.165, 1.54) is 0 Å². The van der Waals surface area contributed by atoms with E-state index in [1.807, 2.05) is 0 Å². The minimum absolute atomic E-state index is 0.493. The summed E-state index contributed by atoms with van der Waals surface area (Å²) in [6.45, 7) is 15.7. The van der Waals surface area contributed by atoms with Crippen LogP contribution in [-0.4, -0.2) is 72.5 Å². The molecule has 8 nitrogen and oxygen atoms in total. The quantitative estimate of drug-likeness (QED) is 0.0420. The van der Waals surface area contributed by atoms with Gasteiger partial charge in [0.15, 0.2) is 8.83 Å². The molecule has 0 amide bonds. The summed E-state index contributed by atoms with van der Waals surface area (Å²) in [6, 6.07) is 0. The second-order valence-corrected chi connectivity index (χ2v) is 15.1. The van der Waals surface area contributed by atoms with Gasteiger partial charge in [0.25, 0.3) is 0 Å². The van der Waals surface area contributed by atoms with Gasteiger partial charge >= 0.3 is 18.1 Å². The molecule has 0 aliphatic carbocycles. The first kappa shape index (κ1) is 37.6. The van der Waals surface area contributed by atoms with E-state index in [0.717, 1.165) is 77.0 Å². The van der Waals surface area contributed by atoms with Crippen LogP contribution in [0.2, 0.25) is 0 Å². The third-order valence-corrected chi connectivity index (χ3v) is 11.8. The minimum Gasteiger partial charge on any atom is -0.351 e. The zero-order valence-electron chi connectivity index (χ0n) is 24.7. The Morgan fingerprint density at radius 2 is 0.676 bits per heavy atom.